The van der Waals surface area contributed by atoms with E-state index >= 15 is 0 Å². The molecule has 1 heteroatoms. The predicted molar refractivity (Wildman–Crippen MR) is 96.3 cm³/mol. The van der Waals surface area contributed by atoms with Crippen molar-refractivity contribution >= 4 is 12.7 Å². The van der Waals surface area contributed by atoms with E-state index in [9.17, 15) is 0 Å². The molecule has 2 aromatic rings. The van der Waals surface area contributed by atoms with Crippen LogP contribution in [0.15, 0.2) is 48.5 Å². The monoisotopic (exact) mass is 278 g/mol. The Morgan fingerprint density at radius 1 is 0.857 bits per heavy atom. The second-order valence-electron chi connectivity index (χ2n) is 6.27. The molecule has 0 unspecified atom stereocenters. The van der Waals surface area contributed by atoms with Crippen LogP contribution >= 0.6 is 0 Å². The smallest absolute Gasteiger partial charge is 0.0845 e. The lowest BCUT2D eigenvalue weighted by atomic mass is 9.66. The molecule has 0 aliphatic rings. The van der Waals surface area contributed by atoms with Gasteiger partial charge in [0.15, 0.2) is 7.28 Å². The summed E-state index contributed by atoms with van der Waals surface area (Å²) >= 11 is 0. The molecular weight excluding hydrogens is 251 g/mol. The van der Waals surface area contributed by atoms with E-state index in [0.717, 1.165) is 6.42 Å². The minimum atomic E-state index is 0.630. The van der Waals surface area contributed by atoms with Crippen LogP contribution in [-0.4, -0.2) is 7.28 Å². The van der Waals surface area contributed by atoms with Gasteiger partial charge in [0.2, 0.25) is 0 Å². The van der Waals surface area contributed by atoms with E-state index in [-0.39, 0.29) is 0 Å². The van der Waals surface area contributed by atoms with Crippen molar-refractivity contribution < 1.29 is 0 Å². The SMILES string of the molecule is CCc1ccc(BCCCc2ccc(C(C)C)cc2)cc1. The molecule has 2 aromatic carbocycles. The zero-order valence-corrected chi connectivity index (χ0v) is 13.7. The lowest BCUT2D eigenvalue weighted by molar-refractivity contribution is 0.860. The Balaban J connectivity index is 1.73. The van der Waals surface area contributed by atoms with Crippen LogP contribution in [-0.2, 0) is 12.8 Å². The molecule has 0 radical (unpaired) electrons. The van der Waals surface area contributed by atoms with E-state index in [2.05, 4.69) is 69.3 Å². The first-order valence-corrected chi connectivity index (χ1v) is 8.35. The number of rotatable bonds is 7. The summed E-state index contributed by atoms with van der Waals surface area (Å²) in [6, 6.07) is 18.3. The summed E-state index contributed by atoms with van der Waals surface area (Å²) in [5, 5.41) is 0. The molecule has 21 heavy (non-hydrogen) atoms. The van der Waals surface area contributed by atoms with E-state index in [0.29, 0.717) is 5.92 Å². The Kier molecular flexibility index (Phi) is 6.11. The Labute approximate surface area is 130 Å². The first-order chi connectivity index (χ1) is 10.2. The Morgan fingerprint density at radius 2 is 1.48 bits per heavy atom. The fourth-order valence-electron chi connectivity index (χ4n) is 2.67. The predicted octanol–water partition coefficient (Wildman–Crippen LogP) is 4.49. The standard InChI is InChI=1S/C20H27B/c1-4-17-9-13-20(14-10-17)21-15-5-6-18-7-11-19(12-8-18)16(2)3/h7-14,16,21H,4-6,15H2,1-3H3. The van der Waals surface area contributed by atoms with Crippen LogP contribution in [0.1, 0.15) is 49.8 Å². The van der Waals surface area contributed by atoms with Crippen LogP contribution in [0.5, 0.6) is 0 Å². The normalized spacial score (nSPS) is 10.9. The highest BCUT2D eigenvalue weighted by molar-refractivity contribution is 6.53. The molecule has 0 fully saturated rings. The van der Waals surface area contributed by atoms with Gasteiger partial charge in [0, 0.05) is 0 Å². The molecule has 0 amide bonds. The fourth-order valence-corrected chi connectivity index (χ4v) is 2.67. The van der Waals surface area contributed by atoms with E-state index < -0.39 is 0 Å². The number of aryl methyl sites for hydroxylation is 2. The lowest BCUT2D eigenvalue weighted by Gasteiger charge is -2.07. The fraction of sp³-hybridized carbons (Fsp3) is 0.400. The van der Waals surface area contributed by atoms with Crippen molar-refractivity contribution in [3.8, 4) is 0 Å². The van der Waals surface area contributed by atoms with E-state index in [4.69, 9.17) is 0 Å². The van der Waals surface area contributed by atoms with Gasteiger partial charge >= 0.3 is 0 Å². The van der Waals surface area contributed by atoms with Gasteiger partial charge in [-0.15, -0.1) is 0 Å². The number of hydrogen-bond acceptors (Lipinski definition) is 0. The van der Waals surface area contributed by atoms with Crippen LogP contribution < -0.4 is 5.46 Å². The van der Waals surface area contributed by atoms with Crippen LogP contribution in [0, 0.1) is 0 Å². The van der Waals surface area contributed by atoms with Crippen molar-refractivity contribution in [3.63, 3.8) is 0 Å². The second kappa shape index (κ2) is 8.07. The second-order valence-corrected chi connectivity index (χ2v) is 6.27. The maximum atomic E-state index is 2.30. The Hall–Kier alpha value is -1.50. The van der Waals surface area contributed by atoms with E-state index in [1.807, 2.05) is 0 Å². The highest BCUT2D eigenvalue weighted by Crippen LogP contribution is 2.15. The highest BCUT2D eigenvalue weighted by atomic mass is 14.0. The maximum Gasteiger partial charge on any atom is 0.157 e. The summed E-state index contributed by atoms with van der Waals surface area (Å²) in [5.41, 5.74) is 5.82. The first-order valence-electron chi connectivity index (χ1n) is 8.35. The molecule has 0 bridgehead atoms. The first kappa shape index (κ1) is 15.9. The molecule has 0 aliphatic heterocycles. The van der Waals surface area contributed by atoms with Gasteiger partial charge in [-0.25, -0.2) is 0 Å². The molecule has 0 N–H and O–H groups in total. The van der Waals surface area contributed by atoms with Gasteiger partial charge in [0.1, 0.15) is 0 Å². The molecule has 0 atom stereocenters. The molecule has 110 valence electrons. The quantitative estimate of drug-likeness (QED) is 0.517. The molecular formula is C20H27B. The topological polar surface area (TPSA) is 0 Å². The van der Waals surface area contributed by atoms with Gasteiger partial charge in [-0.2, -0.15) is 0 Å². The zero-order chi connectivity index (χ0) is 15.1. The number of benzene rings is 2. The summed E-state index contributed by atoms with van der Waals surface area (Å²) in [7, 11) is 1.20. The molecule has 0 aliphatic carbocycles. The van der Waals surface area contributed by atoms with Gasteiger partial charge in [0.25, 0.3) is 0 Å². The average Bonchev–Trinajstić information content (AvgIpc) is 2.52. The molecule has 0 saturated carbocycles. The summed E-state index contributed by atoms with van der Waals surface area (Å²) in [6.07, 6.45) is 4.88. The molecule has 2 rings (SSSR count). The van der Waals surface area contributed by atoms with Gasteiger partial charge in [-0.1, -0.05) is 87.5 Å². The van der Waals surface area contributed by atoms with Gasteiger partial charge < -0.3 is 0 Å². The molecule has 0 heterocycles. The highest BCUT2D eigenvalue weighted by Gasteiger charge is 2.00. The maximum absolute atomic E-state index is 2.30. The largest absolute Gasteiger partial charge is 0.157 e. The molecule has 0 spiro atoms. The van der Waals surface area contributed by atoms with Crippen molar-refractivity contribution in [2.24, 2.45) is 0 Å². The Morgan fingerprint density at radius 3 is 2.05 bits per heavy atom. The summed E-state index contributed by atoms with van der Waals surface area (Å²) in [6.45, 7) is 6.71. The lowest BCUT2D eigenvalue weighted by Crippen LogP contribution is -2.13. The third-order valence-corrected chi connectivity index (χ3v) is 4.26. The van der Waals surface area contributed by atoms with Crippen LogP contribution in [0.4, 0.5) is 0 Å². The van der Waals surface area contributed by atoms with Crippen molar-refractivity contribution in [2.45, 2.75) is 52.3 Å². The van der Waals surface area contributed by atoms with Crippen LogP contribution in [0.2, 0.25) is 6.32 Å². The van der Waals surface area contributed by atoms with Gasteiger partial charge in [0.05, 0.1) is 0 Å². The number of hydrogen-bond donors (Lipinski definition) is 0. The Bertz CT molecular complexity index is 523. The van der Waals surface area contributed by atoms with E-state index in [1.54, 1.807) is 0 Å². The molecule has 0 aromatic heterocycles. The van der Waals surface area contributed by atoms with E-state index in [1.165, 1.54) is 48.6 Å². The van der Waals surface area contributed by atoms with Crippen molar-refractivity contribution in [2.75, 3.05) is 0 Å². The summed E-state index contributed by atoms with van der Waals surface area (Å²) in [4.78, 5) is 0. The van der Waals surface area contributed by atoms with Gasteiger partial charge in [-0.3, -0.25) is 0 Å². The van der Waals surface area contributed by atoms with Crippen molar-refractivity contribution in [1.82, 2.24) is 0 Å². The zero-order valence-electron chi connectivity index (χ0n) is 13.7. The van der Waals surface area contributed by atoms with Crippen LogP contribution in [0.3, 0.4) is 0 Å². The molecule has 0 saturated heterocycles. The van der Waals surface area contributed by atoms with Crippen molar-refractivity contribution in [1.29, 1.82) is 0 Å². The average molecular weight is 278 g/mol. The van der Waals surface area contributed by atoms with Crippen molar-refractivity contribution in [3.05, 3.63) is 65.2 Å². The minimum absolute atomic E-state index is 0.630. The third-order valence-electron chi connectivity index (χ3n) is 4.26. The summed E-state index contributed by atoms with van der Waals surface area (Å²) < 4.78 is 0. The van der Waals surface area contributed by atoms with Gasteiger partial charge in [-0.05, 0) is 35.4 Å². The minimum Gasteiger partial charge on any atom is -0.0845 e. The summed E-state index contributed by atoms with van der Waals surface area (Å²) in [5.74, 6) is 0.630. The van der Waals surface area contributed by atoms with Crippen LogP contribution in [0.25, 0.3) is 0 Å². The molecule has 0 nitrogen and oxygen atoms in total. The third kappa shape index (κ3) is 5.08.